The molecule has 0 spiro atoms. The highest BCUT2D eigenvalue weighted by Crippen LogP contribution is 2.23. The smallest absolute Gasteiger partial charge is 0.271 e. The topological polar surface area (TPSA) is 77.8 Å². The minimum atomic E-state index is 0.238. The van der Waals surface area contributed by atoms with Gasteiger partial charge in [0.15, 0.2) is 0 Å². The van der Waals surface area contributed by atoms with Crippen LogP contribution in [0, 0.1) is 5.53 Å². The van der Waals surface area contributed by atoms with Crippen LogP contribution in [0.4, 0.5) is 5.69 Å². The molecule has 2 aromatic rings. The highest BCUT2D eigenvalue weighted by atomic mass is 35.5. The van der Waals surface area contributed by atoms with Crippen LogP contribution >= 0.6 is 11.6 Å². The monoisotopic (exact) mass is 236 g/mol. The Morgan fingerprint density at radius 3 is 3.00 bits per heavy atom. The van der Waals surface area contributed by atoms with Gasteiger partial charge in [-0.25, -0.2) is 0 Å². The molecule has 0 bridgehead atoms. The molecule has 0 aliphatic carbocycles. The average Bonchev–Trinajstić information content (AvgIpc) is 2.25. The molecule has 1 aromatic heterocycles. The lowest BCUT2D eigenvalue weighted by atomic mass is 10.2. The molecule has 0 saturated carbocycles. The zero-order chi connectivity index (χ0) is 11.5. The molecule has 0 radical (unpaired) electrons. The lowest BCUT2D eigenvalue weighted by molar-refractivity contribution is -0.621. The molecular formula is C10H11ClN5+. The van der Waals surface area contributed by atoms with Crippen molar-refractivity contribution in [2.45, 2.75) is 0 Å². The van der Waals surface area contributed by atoms with E-state index in [9.17, 15) is 0 Å². The second-order valence-corrected chi connectivity index (χ2v) is 3.76. The van der Waals surface area contributed by atoms with Crippen molar-refractivity contribution in [3.05, 3.63) is 35.5 Å². The fourth-order valence-corrected chi connectivity index (χ4v) is 1.61. The van der Waals surface area contributed by atoms with E-state index in [1.54, 1.807) is 18.3 Å². The summed E-state index contributed by atoms with van der Waals surface area (Å²) in [5.74, 6) is 5.21. The minimum absolute atomic E-state index is 0.238. The van der Waals surface area contributed by atoms with Crippen molar-refractivity contribution in [1.29, 1.82) is 5.53 Å². The average molecular weight is 237 g/mol. The van der Waals surface area contributed by atoms with Gasteiger partial charge in [-0.2, -0.15) is 5.84 Å². The normalized spacial score (nSPS) is 10.3. The molecule has 0 saturated heterocycles. The van der Waals surface area contributed by atoms with E-state index in [2.05, 4.69) is 10.3 Å². The first-order valence-corrected chi connectivity index (χ1v) is 5.06. The lowest BCUT2D eigenvalue weighted by Crippen LogP contribution is -2.23. The van der Waals surface area contributed by atoms with Crippen molar-refractivity contribution in [3.63, 3.8) is 0 Å². The molecule has 1 heterocycles. The number of rotatable bonds is 3. The quantitative estimate of drug-likeness (QED) is 0.251. The Bertz CT molecular complexity index is 540. The molecule has 6 heteroatoms. The Labute approximate surface area is 97.3 Å². The summed E-state index contributed by atoms with van der Waals surface area (Å²) in [5.41, 5.74) is 8.77. The van der Waals surface area contributed by atoms with Gasteiger partial charge in [0, 0.05) is 27.1 Å². The molecule has 0 fully saturated rings. The van der Waals surface area contributed by atoms with E-state index < -0.39 is 0 Å². The second-order valence-electron chi connectivity index (χ2n) is 3.32. The van der Waals surface area contributed by atoms with Crippen molar-refractivity contribution >= 4 is 28.2 Å². The maximum Gasteiger partial charge on any atom is 0.271 e. The molecule has 1 aromatic carbocycles. The number of hydrogen-bond acceptors (Lipinski definition) is 3. The summed E-state index contributed by atoms with van der Waals surface area (Å²) in [7, 11) is 0. The summed E-state index contributed by atoms with van der Waals surface area (Å²) in [6.07, 6.45) is 1.69. The molecule has 2 rings (SSSR count). The van der Waals surface area contributed by atoms with Crippen molar-refractivity contribution in [3.8, 4) is 0 Å². The van der Waals surface area contributed by atoms with E-state index in [0.717, 1.165) is 21.4 Å². The van der Waals surface area contributed by atoms with Crippen LogP contribution in [-0.2, 0) is 0 Å². The third-order valence-electron chi connectivity index (χ3n) is 2.14. The Morgan fingerprint density at radius 1 is 1.44 bits per heavy atom. The molecule has 4 N–H and O–H groups in total. The first kappa shape index (κ1) is 10.6. The van der Waals surface area contributed by atoms with Gasteiger partial charge in [0.1, 0.15) is 0 Å². The number of halogens is 1. The van der Waals surface area contributed by atoms with Gasteiger partial charge in [-0.1, -0.05) is 11.6 Å². The van der Waals surface area contributed by atoms with Crippen LogP contribution in [0.3, 0.4) is 0 Å². The SMILES string of the molecule is N=[N+](N)CNc1ccnc2cc(Cl)ccc12. The molecule has 0 aliphatic heterocycles. The van der Waals surface area contributed by atoms with Gasteiger partial charge in [0.2, 0.25) is 0 Å². The standard InChI is InChI=1S/C10H11ClN5/c11-7-1-2-8-9(15-6-16(12)13)3-4-14-10(8)5-7/h1-5H,6H2,(H3,12,13)(H,14,15)/q+1. The van der Waals surface area contributed by atoms with Crippen LogP contribution in [-0.4, -0.2) is 16.5 Å². The highest BCUT2D eigenvalue weighted by molar-refractivity contribution is 6.31. The number of aromatic nitrogens is 1. The Kier molecular flexibility index (Phi) is 2.87. The number of nitrogens with two attached hydrogens (primary N) is 1. The summed E-state index contributed by atoms with van der Waals surface area (Å²) in [4.78, 5) is 5.04. The maximum atomic E-state index is 7.08. The summed E-state index contributed by atoms with van der Waals surface area (Å²) < 4.78 is 0. The number of pyridine rings is 1. The first-order chi connectivity index (χ1) is 7.66. The van der Waals surface area contributed by atoms with Gasteiger partial charge in [-0.05, 0) is 29.8 Å². The third-order valence-corrected chi connectivity index (χ3v) is 2.38. The first-order valence-electron chi connectivity index (χ1n) is 4.68. The number of hydrazine groups is 1. The molecule has 0 amide bonds. The lowest BCUT2D eigenvalue weighted by Gasteiger charge is -2.05. The van der Waals surface area contributed by atoms with Gasteiger partial charge >= 0.3 is 0 Å². The molecular weight excluding hydrogens is 226 g/mol. The van der Waals surface area contributed by atoms with Crippen LogP contribution in [0.15, 0.2) is 30.5 Å². The molecule has 0 unspecified atom stereocenters. The van der Waals surface area contributed by atoms with Gasteiger partial charge < -0.3 is 5.32 Å². The van der Waals surface area contributed by atoms with Crippen molar-refractivity contribution in [1.82, 2.24) is 4.98 Å². The number of nitrogens with zero attached hydrogens (tertiary/aromatic N) is 2. The van der Waals surface area contributed by atoms with E-state index in [1.807, 2.05) is 12.1 Å². The number of benzene rings is 1. The maximum absolute atomic E-state index is 7.08. The van der Waals surface area contributed by atoms with Crippen molar-refractivity contribution in [2.75, 3.05) is 12.0 Å². The molecule has 0 atom stereocenters. The number of hydrogen-bond donors (Lipinski definition) is 3. The van der Waals surface area contributed by atoms with E-state index in [1.165, 1.54) is 0 Å². The Morgan fingerprint density at radius 2 is 2.25 bits per heavy atom. The summed E-state index contributed by atoms with van der Waals surface area (Å²) in [6, 6.07) is 7.32. The predicted molar refractivity (Wildman–Crippen MR) is 62.4 cm³/mol. The van der Waals surface area contributed by atoms with E-state index in [-0.39, 0.29) is 6.67 Å². The molecule has 5 nitrogen and oxygen atoms in total. The third kappa shape index (κ3) is 2.20. The highest BCUT2D eigenvalue weighted by Gasteiger charge is 2.04. The largest absolute Gasteiger partial charge is 0.326 e. The van der Waals surface area contributed by atoms with Gasteiger partial charge in [0.25, 0.3) is 6.67 Å². The van der Waals surface area contributed by atoms with Crippen LogP contribution in [0.25, 0.3) is 10.9 Å². The van der Waals surface area contributed by atoms with E-state index in [4.69, 9.17) is 23.0 Å². The van der Waals surface area contributed by atoms with Crippen LogP contribution in [0.1, 0.15) is 0 Å². The zero-order valence-corrected chi connectivity index (χ0v) is 9.20. The van der Waals surface area contributed by atoms with Crippen molar-refractivity contribution in [2.24, 2.45) is 5.84 Å². The van der Waals surface area contributed by atoms with E-state index in [0.29, 0.717) is 5.02 Å². The van der Waals surface area contributed by atoms with Gasteiger partial charge in [0.05, 0.1) is 5.52 Å². The Hall–Kier alpha value is -1.88. The Balaban J connectivity index is 2.41. The molecule has 16 heavy (non-hydrogen) atoms. The molecule has 82 valence electrons. The van der Waals surface area contributed by atoms with E-state index >= 15 is 0 Å². The van der Waals surface area contributed by atoms with Crippen LogP contribution < -0.4 is 11.2 Å². The fourth-order valence-electron chi connectivity index (χ4n) is 1.45. The van der Waals surface area contributed by atoms with Gasteiger partial charge in [-0.3, -0.25) is 4.98 Å². The number of nitrogens with one attached hydrogen (secondary N) is 2. The number of anilines is 1. The fraction of sp³-hybridized carbons (Fsp3) is 0.100. The van der Waals surface area contributed by atoms with Crippen molar-refractivity contribution < 1.29 is 4.81 Å². The zero-order valence-electron chi connectivity index (χ0n) is 8.44. The second kappa shape index (κ2) is 4.32. The summed E-state index contributed by atoms with van der Waals surface area (Å²) in [6.45, 7) is 0.238. The van der Waals surface area contributed by atoms with Crippen LogP contribution in [0.2, 0.25) is 5.02 Å². The van der Waals surface area contributed by atoms with Gasteiger partial charge in [-0.15, -0.1) is 0 Å². The summed E-state index contributed by atoms with van der Waals surface area (Å²) >= 11 is 5.88. The molecule has 0 aliphatic rings. The van der Waals surface area contributed by atoms with Crippen LogP contribution in [0.5, 0.6) is 0 Å². The number of fused-ring (bicyclic) bond motifs is 1. The predicted octanol–water partition coefficient (Wildman–Crippen LogP) is 2.17. The minimum Gasteiger partial charge on any atom is -0.326 e. The summed E-state index contributed by atoms with van der Waals surface area (Å²) in [5, 5.41) is 4.64.